The molecule has 2 aliphatic rings. The highest BCUT2D eigenvalue weighted by molar-refractivity contribution is 5.95. The van der Waals surface area contributed by atoms with Crippen LogP contribution in [0.3, 0.4) is 0 Å². The molecule has 1 atom stereocenters. The van der Waals surface area contributed by atoms with Crippen LogP contribution in [0.25, 0.3) is 0 Å². The lowest BCUT2D eigenvalue weighted by molar-refractivity contribution is 0.0728. The van der Waals surface area contributed by atoms with Crippen molar-refractivity contribution < 1.29 is 4.79 Å². The second-order valence-electron chi connectivity index (χ2n) is 9.22. The molecule has 4 heterocycles. The molecule has 1 fully saturated rings. The lowest BCUT2D eigenvalue weighted by Crippen LogP contribution is -2.35. The second-order valence-corrected chi connectivity index (χ2v) is 9.22. The molecule has 172 valence electrons. The first-order valence-corrected chi connectivity index (χ1v) is 12.0. The number of nitrogens with zero attached hydrogens (tertiary/aromatic N) is 6. The number of aryl methyl sites for hydroxylation is 2. The van der Waals surface area contributed by atoms with Gasteiger partial charge < -0.3 is 9.80 Å². The predicted octanol–water partition coefficient (Wildman–Crippen LogP) is 3.80. The Morgan fingerprint density at radius 1 is 1.09 bits per heavy atom. The van der Waals surface area contributed by atoms with Gasteiger partial charge in [0.25, 0.3) is 5.91 Å². The molecule has 7 nitrogen and oxygen atoms in total. The molecule has 0 spiro atoms. The van der Waals surface area contributed by atoms with Gasteiger partial charge in [0.05, 0.1) is 17.8 Å². The maximum absolute atomic E-state index is 13.4. The number of fused-ring (bicyclic) bond motifs is 1. The summed E-state index contributed by atoms with van der Waals surface area (Å²) in [5.74, 6) is 1.88. The zero-order chi connectivity index (χ0) is 22.9. The largest absolute Gasteiger partial charge is 0.356 e. The molecule has 0 aliphatic carbocycles. The molecule has 1 amide bonds. The third kappa shape index (κ3) is 4.12. The Bertz CT molecular complexity index is 1160. The van der Waals surface area contributed by atoms with Gasteiger partial charge in [-0.3, -0.25) is 9.48 Å². The molecule has 2 aromatic heterocycles. The molecule has 7 heteroatoms. The van der Waals surface area contributed by atoms with Crippen LogP contribution < -0.4 is 4.90 Å². The molecule has 0 saturated carbocycles. The van der Waals surface area contributed by atoms with Crippen LogP contribution >= 0.6 is 0 Å². The van der Waals surface area contributed by atoms with Gasteiger partial charge in [0.2, 0.25) is 0 Å². The fourth-order valence-corrected chi connectivity index (χ4v) is 5.13. The van der Waals surface area contributed by atoms with Crippen molar-refractivity contribution in [2.24, 2.45) is 7.05 Å². The summed E-state index contributed by atoms with van der Waals surface area (Å²) in [6.07, 6.45) is 6.68. The standard InChI is InChI=1S/C26H32N6O/c1-18-21-11-7-14-31(16-13-20-9-5-4-6-10-20)25(21)29-24(28-18)23-12-8-15-32(23)26(33)22-17-27-30(3)19(22)2/h4-6,9-10,17,23H,7-8,11-16H2,1-3H3/t23-/m0/s1. The quantitative estimate of drug-likeness (QED) is 0.599. The van der Waals surface area contributed by atoms with Crippen LogP contribution in [0.4, 0.5) is 5.82 Å². The predicted molar refractivity (Wildman–Crippen MR) is 128 cm³/mol. The molecule has 0 unspecified atom stereocenters. The summed E-state index contributed by atoms with van der Waals surface area (Å²) in [6.45, 7) is 6.72. The van der Waals surface area contributed by atoms with Crippen LogP contribution in [-0.4, -0.2) is 50.2 Å². The minimum Gasteiger partial charge on any atom is -0.356 e. The van der Waals surface area contributed by atoms with Crippen LogP contribution in [0.5, 0.6) is 0 Å². The zero-order valence-corrected chi connectivity index (χ0v) is 19.8. The molecule has 33 heavy (non-hydrogen) atoms. The van der Waals surface area contributed by atoms with Gasteiger partial charge in [0.15, 0.2) is 5.82 Å². The summed E-state index contributed by atoms with van der Waals surface area (Å²) in [6, 6.07) is 10.5. The maximum atomic E-state index is 13.4. The van der Waals surface area contributed by atoms with Gasteiger partial charge in [-0.2, -0.15) is 5.10 Å². The molecule has 0 bridgehead atoms. The normalized spacial score (nSPS) is 18.0. The summed E-state index contributed by atoms with van der Waals surface area (Å²) >= 11 is 0. The van der Waals surface area contributed by atoms with Gasteiger partial charge in [0.1, 0.15) is 5.82 Å². The van der Waals surface area contributed by atoms with E-state index >= 15 is 0 Å². The second kappa shape index (κ2) is 8.96. The average Bonchev–Trinajstić information content (AvgIpc) is 3.45. The maximum Gasteiger partial charge on any atom is 0.257 e. The first-order chi connectivity index (χ1) is 16.0. The Morgan fingerprint density at radius 2 is 1.91 bits per heavy atom. The van der Waals surface area contributed by atoms with Crippen LogP contribution in [0.2, 0.25) is 0 Å². The van der Waals surface area contributed by atoms with Gasteiger partial charge in [0, 0.05) is 43.6 Å². The number of benzene rings is 1. The highest BCUT2D eigenvalue weighted by Crippen LogP contribution is 2.35. The highest BCUT2D eigenvalue weighted by atomic mass is 16.2. The smallest absolute Gasteiger partial charge is 0.257 e. The van der Waals surface area contributed by atoms with E-state index in [1.54, 1.807) is 10.9 Å². The van der Waals surface area contributed by atoms with Gasteiger partial charge in [-0.25, -0.2) is 9.97 Å². The Balaban J connectivity index is 1.42. The lowest BCUT2D eigenvalue weighted by atomic mass is 10.0. The Morgan fingerprint density at radius 3 is 2.67 bits per heavy atom. The zero-order valence-electron chi connectivity index (χ0n) is 19.8. The molecular formula is C26H32N6O. The van der Waals surface area contributed by atoms with Gasteiger partial charge in [-0.1, -0.05) is 30.3 Å². The summed E-state index contributed by atoms with van der Waals surface area (Å²) in [5.41, 5.74) is 5.21. The SMILES string of the molecule is Cc1nc([C@@H]2CCCN2C(=O)c2cnn(C)c2C)nc2c1CCCN2CCc1ccccc1. The summed E-state index contributed by atoms with van der Waals surface area (Å²) in [4.78, 5) is 27.8. The number of rotatable bonds is 5. The van der Waals surface area contributed by atoms with Crippen molar-refractivity contribution in [3.05, 3.63) is 70.4 Å². The van der Waals surface area contributed by atoms with E-state index in [2.05, 4.69) is 47.3 Å². The number of hydrogen-bond acceptors (Lipinski definition) is 5. The molecule has 2 aliphatic heterocycles. The third-order valence-electron chi connectivity index (χ3n) is 7.15. The molecule has 5 rings (SSSR count). The van der Waals surface area contributed by atoms with E-state index < -0.39 is 0 Å². The van der Waals surface area contributed by atoms with E-state index in [1.807, 2.05) is 18.9 Å². The van der Waals surface area contributed by atoms with Crippen LogP contribution in [0.1, 0.15) is 64.0 Å². The van der Waals surface area contributed by atoms with Crippen molar-refractivity contribution in [2.45, 2.75) is 52.0 Å². The summed E-state index contributed by atoms with van der Waals surface area (Å²) in [7, 11) is 1.87. The van der Waals surface area contributed by atoms with Crippen molar-refractivity contribution in [3.8, 4) is 0 Å². The highest BCUT2D eigenvalue weighted by Gasteiger charge is 2.35. The van der Waals surface area contributed by atoms with E-state index in [0.29, 0.717) is 5.56 Å². The topological polar surface area (TPSA) is 67.2 Å². The van der Waals surface area contributed by atoms with E-state index in [-0.39, 0.29) is 11.9 Å². The van der Waals surface area contributed by atoms with Crippen LogP contribution in [0, 0.1) is 13.8 Å². The molecule has 0 radical (unpaired) electrons. The van der Waals surface area contributed by atoms with Gasteiger partial charge in [-0.05, 0) is 51.5 Å². The Labute approximate surface area is 195 Å². The number of likely N-dealkylation sites (tertiary alicyclic amines) is 1. The number of anilines is 1. The van der Waals surface area contributed by atoms with Crippen molar-refractivity contribution in [1.29, 1.82) is 0 Å². The summed E-state index contributed by atoms with van der Waals surface area (Å²) in [5, 5.41) is 4.26. The van der Waals surface area contributed by atoms with Crippen molar-refractivity contribution in [1.82, 2.24) is 24.6 Å². The van der Waals surface area contributed by atoms with Crippen LogP contribution in [-0.2, 0) is 19.9 Å². The molecular weight excluding hydrogens is 412 g/mol. The van der Waals surface area contributed by atoms with Gasteiger partial charge in [-0.15, -0.1) is 0 Å². The third-order valence-corrected chi connectivity index (χ3v) is 7.15. The average molecular weight is 445 g/mol. The lowest BCUT2D eigenvalue weighted by Gasteiger charge is -2.32. The van der Waals surface area contributed by atoms with E-state index in [4.69, 9.17) is 9.97 Å². The number of amides is 1. The number of hydrogen-bond donors (Lipinski definition) is 0. The molecule has 1 aromatic carbocycles. The summed E-state index contributed by atoms with van der Waals surface area (Å²) < 4.78 is 1.75. The number of carbonyl (C=O) groups excluding carboxylic acids is 1. The monoisotopic (exact) mass is 444 g/mol. The fourth-order valence-electron chi connectivity index (χ4n) is 5.13. The first-order valence-electron chi connectivity index (χ1n) is 12.0. The Kier molecular flexibility index (Phi) is 5.87. The minimum atomic E-state index is -0.0843. The van der Waals surface area contributed by atoms with Crippen molar-refractivity contribution >= 4 is 11.7 Å². The van der Waals surface area contributed by atoms with E-state index in [9.17, 15) is 4.79 Å². The van der Waals surface area contributed by atoms with Crippen molar-refractivity contribution in [2.75, 3.05) is 24.5 Å². The van der Waals surface area contributed by atoms with Gasteiger partial charge >= 0.3 is 0 Å². The minimum absolute atomic E-state index is 0.0306. The molecule has 0 N–H and O–H groups in total. The fraction of sp³-hybridized carbons (Fsp3) is 0.462. The number of aromatic nitrogens is 4. The van der Waals surface area contributed by atoms with E-state index in [0.717, 1.165) is 74.8 Å². The Hall–Kier alpha value is -3.22. The van der Waals surface area contributed by atoms with Crippen LogP contribution in [0.15, 0.2) is 36.5 Å². The molecule has 3 aromatic rings. The van der Waals surface area contributed by atoms with E-state index in [1.165, 1.54) is 11.1 Å². The van der Waals surface area contributed by atoms with Crippen molar-refractivity contribution in [3.63, 3.8) is 0 Å². The number of carbonyl (C=O) groups is 1. The first kappa shape index (κ1) is 21.6. The molecule has 1 saturated heterocycles.